The predicted octanol–water partition coefficient (Wildman–Crippen LogP) is 2.83. The highest BCUT2D eigenvalue weighted by molar-refractivity contribution is 5.43. The molecular formula is C15H25NO2. The van der Waals surface area contributed by atoms with Gasteiger partial charge in [-0.2, -0.15) is 0 Å². The van der Waals surface area contributed by atoms with Crippen LogP contribution in [0.5, 0.6) is 5.75 Å². The van der Waals surface area contributed by atoms with Crippen LogP contribution in [0.4, 0.5) is 0 Å². The van der Waals surface area contributed by atoms with Gasteiger partial charge in [0.15, 0.2) is 0 Å². The Morgan fingerprint density at radius 3 is 2.33 bits per heavy atom. The molecule has 0 fully saturated rings. The van der Waals surface area contributed by atoms with E-state index in [0.717, 1.165) is 31.9 Å². The Balaban J connectivity index is 2.54. The van der Waals surface area contributed by atoms with E-state index in [-0.39, 0.29) is 0 Å². The molecule has 0 saturated carbocycles. The fraction of sp³-hybridized carbons (Fsp3) is 0.600. The van der Waals surface area contributed by atoms with Crippen molar-refractivity contribution in [3.05, 3.63) is 28.8 Å². The molecule has 18 heavy (non-hydrogen) atoms. The molecule has 1 N–H and O–H groups in total. The van der Waals surface area contributed by atoms with Gasteiger partial charge < -0.3 is 14.8 Å². The molecule has 0 unspecified atom stereocenters. The molecule has 0 heterocycles. The number of aryl methyl sites for hydroxylation is 2. The molecule has 102 valence electrons. The smallest absolute Gasteiger partial charge is 0.125 e. The van der Waals surface area contributed by atoms with Gasteiger partial charge in [-0.15, -0.1) is 0 Å². The van der Waals surface area contributed by atoms with E-state index >= 15 is 0 Å². The molecule has 0 bridgehead atoms. The first-order valence-corrected chi connectivity index (χ1v) is 6.64. The highest BCUT2D eigenvalue weighted by Gasteiger charge is 2.06. The highest BCUT2D eigenvalue weighted by atomic mass is 16.5. The second-order valence-electron chi connectivity index (χ2n) is 4.49. The first-order valence-electron chi connectivity index (χ1n) is 6.64. The number of benzene rings is 1. The third-order valence-electron chi connectivity index (χ3n) is 2.78. The molecular weight excluding hydrogens is 226 g/mol. The quantitative estimate of drug-likeness (QED) is 0.721. The number of hydrogen-bond acceptors (Lipinski definition) is 3. The summed E-state index contributed by atoms with van der Waals surface area (Å²) < 4.78 is 11.1. The largest absolute Gasteiger partial charge is 0.493 e. The predicted molar refractivity (Wildman–Crippen MR) is 75.3 cm³/mol. The summed E-state index contributed by atoms with van der Waals surface area (Å²) in [5.41, 5.74) is 3.71. The third-order valence-corrected chi connectivity index (χ3v) is 2.78. The van der Waals surface area contributed by atoms with Crippen molar-refractivity contribution in [2.75, 3.05) is 26.9 Å². The number of nitrogens with one attached hydrogen (secondary N) is 1. The summed E-state index contributed by atoms with van der Waals surface area (Å²) in [5.74, 6) is 1.02. The minimum absolute atomic E-state index is 0.715. The van der Waals surface area contributed by atoms with Crippen molar-refractivity contribution in [1.82, 2.24) is 5.32 Å². The second-order valence-corrected chi connectivity index (χ2v) is 4.49. The molecule has 0 aliphatic rings. The van der Waals surface area contributed by atoms with Gasteiger partial charge in [0, 0.05) is 26.2 Å². The summed E-state index contributed by atoms with van der Waals surface area (Å²) >= 11 is 0. The average Bonchev–Trinajstić information content (AvgIpc) is 2.32. The van der Waals surface area contributed by atoms with Gasteiger partial charge in [-0.25, -0.2) is 0 Å². The molecule has 0 aliphatic carbocycles. The van der Waals surface area contributed by atoms with Crippen LogP contribution < -0.4 is 10.1 Å². The third kappa shape index (κ3) is 4.67. The van der Waals surface area contributed by atoms with Crippen LogP contribution in [0, 0.1) is 13.8 Å². The molecule has 0 atom stereocenters. The summed E-state index contributed by atoms with van der Waals surface area (Å²) in [7, 11) is 1.96. The van der Waals surface area contributed by atoms with Crippen molar-refractivity contribution in [3.8, 4) is 5.75 Å². The van der Waals surface area contributed by atoms with Crippen molar-refractivity contribution in [1.29, 1.82) is 0 Å². The Kier molecular flexibility index (Phi) is 6.76. The molecule has 3 nitrogen and oxygen atoms in total. The molecule has 1 aromatic rings. The van der Waals surface area contributed by atoms with Crippen molar-refractivity contribution in [2.24, 2.45) is 0 Å². The van der Waals surface area contributed by atoms with Crippen LogP contribution in [0.25, 0.3) is 0 Å². The second kappa shape index (κ2) is 8.11. The fourth-order valence-electron chi connectivity index (χ4n) is 2.05. The molecule has 0 saturated heterocycles. The van der Waals surface area contributed by atoms with Gasteiger partial charge in [0.1, 0.15) is 5.75 Å². The van der Waals surface area contributed by atoms with Crippen molar-refractivity contribution in [2.45, 2.75) is 33.7 Å². The van der Waals surface area contributed by atoms with E-state index in [4.69, 9.17) is 9.47 Å². The molecule has 0 aliphatic heterocycles. The van der Waals surface area contributed by atoms with E-state index in [9.17, 15) is 0 Å². The Labute approximate surface area is 110 Å². The standard InChI is InChI=1S/C15H25NO2/c1-5-17-7-6-8-18-15-12(2)9-14(11-16-4)10-13(15)3/h9-10,16H,5-8,11H2,1-4H3. The van der Waals surface area contributed by atoms with Gasteiger partial charge in [-0.1, -0.05) is 12.1 Å². The Bertz CT molecular complexity index is 341. The summed E-state index contributed by atoms with van der Waals surface area (Å²) in [5, 5.41) is 3.17. The molecule has 3 heteroatoms. The monoisotopic (exact) mass is 251 g/mol. The molecule has 0 radical (unpaired) electrons. The lowest BCUT2D eigenvalue weighted by atomic mass is 10.1. The summed E-state index contributed by atoms with van der Waals surface area (Å²) in [6.07, 6.45) is 0.936. The van der Waals surface area contributed by atoms with Gasteiger partial charge in [-0.3, -0.25) is 0 Å². The number of hydrogen-bond donors (Lipinski definition) is 1. The highest BCUT2D eigenvalue weighted by Crippen LogP contribution is 2.24. The first kappa shape index (κ1) is 15.0. The maximum absolute atomic E-state index is 5.85. The van der Waals surface area contributed by atoms with E-state index in [1.54, 1.807) is 0 Å². The Morgan fingerprint density at radius 2 is 1.78 bits per heavy atom. The van der Waals surface area contributed by atoms with Gasteiger partial charge in [-0.05, 0) is 44.5 Å². The lowest BCUT2D eigenvalue weighted by Crippen LogP contribution is -2.08. The van der Waals surface area contributed by atoms with Crippen molar-refractivity contribution >= 4 is 0 Å². The number of ether oxygens (including phenoxy) is 2. The van der Waals surface area contributed by atoms with Gasteiger partial charge >= 0.3 is 0 Å². The Hall–Kier alpha value is -1.06. The lowest BCUT2D eigenvalue weighted by molar-refractivity contribution is 0.130. The van der Waals surface area contributed by atoms with Gasteiger partial charge in [0.2, 0.25) is 0 Å². The number of rotatable bonds is 8. The topological polar surface area (TPSA) is 30.5 Å². The van der Waals surface area contributed by atoms with E-state index < -0.39 is 0 Å². The van der Waals surface area contributed by atoms with Crippen molar-refractivity contribution in [3.63, 3.8) is 0 Å². The minimum Gasteiger partial charge on any atom is -0.493 e. The van der Waals surface area contributed by atoms with Crippen LogP contribution in [0.3, 0.4) is 0 Å². The van der Waals surface area contributed by atoms with Crippen LogP contribution in [-0.4, -0.2) is 26.9 Å². The maximum atomic E-state index is 5.85. The van der Waals surface area contributed by atoms with E-state index in [1.807, 2.05) is 14.0 Å². The van der Waals surface area contributed by atoms with Crippen molar-refractivity contribution < 1.29 is 9.47 Å². The fourth-order valence-corrected chi connectivity index (χ4v) is 2.05. The average molecular weight is 251 g/mol. The Morgan fingerprint density at radius 1 is 1.11 bits per heavy atom. The summed E-state index contributed by atoms with van der Waals surface area (Å²) in [4.78, 5) is 0. The van der Waals surface area contributed by atoms with Gasteiger partial charge in [0.05, 0.1) is 6.61 Å². The summed E-state index contributed by atoms with van der Waals surface area (Å²) in [6, 6.07) is 4.36. The first-order chi connectivity index (χ1) is 8.69. The molecule has 1 rings (SSSR count). The zero-order valence-electron chi connectivity index (χ0n) is 12.0. The minimum atomic E-state index is 0.715. The van der Waals surface area contributed by atoms with E-state index in [2.05, 4.69) is 31.3 Å². The molecule has 0 aromatic heterocycles. The van der Waals surface area contributed by atoms with Crippen LogP contribution >= 0.6 is 0 Å². The van der Waals surface area contributed by atoms with Crippen LogP contribution in [0.1, 0.15) is 30.0 Å². The lowest BCUT2D eigenvalue weighted by Gasteiger charge is -2.14. The molecule has 0 spiro atoms. The van der Waals surface area contributed by atoms with E-state index in [1.165, 1.54) is 16.7 Å². The van der Waals surface area contributed by atoms with Crippen LogP contribution in [-0.2, 0) is 11.3 Å². The SMILES string of the molecule is CCOCCCOc1c(C)cc(CNC)cc1C. The molecule has 1 aromatic carbocycles. The van der Waals surface area contributed by atoms with Crippen LogP contribution in [0.2, 0.25) is 0 Å². The normalized spacial score (nSPS) is 10.7. The van der Waals surface area contributed by atoms with Gasteiger partial charge in [0.25, 0.3) is 0 Å². The van der Waals surface area contributed by atoms with E-state index in [0.29, 0.717) is 6.61 Å². The van der Waals surface area contributed by atoms with Crippen LogP contribution in [0.15, 0.2) is 12.1 Å². The molecule has 0 amide bonds. The maximum Gasteiger partial charge on any atom is 0.125 e. The zero-order chi connectivity index (χ0) is 13.4. The summed E-state index contributed by atoms with van der Waals surface area (Å²) in [6.45, 7) is 9.37. The zero-order valence-corrected chi connectivity index (χ0v) is 12.0.